The van der Waals surface area contributed by atoms with E-state index in [1.165, 1.54) is 39.2 Å². The van der Waals surface area contributed by atoms with E-state index in [-0.39, 0.29) is 11.4 Å². The molecule has 41 heavy (non-hydrogen) atoms. The van der Waals surface area contributed by atoms with Crippen LogP contribution < -0.4 is 21.1 Å². The van der Waals surface area contributed by atoms with Crippen LogP contribution in [0, 0.1) is 25.5 Å². The van der Waals surface area contributed by atoms with E-state index in [9.17, 15) is 23.5 Å². The first-order chi connectivity index (χ1) is 20.0. The van der Waals surface area contributed by atoms with Crippen molar-refractivity contribution in [2.75, 3.05) is 0 Å². The number of pyridine rings is 3. The molecule has 5 rings (SSSR count). The van der Waals surface area contributed by atoms with Gasteiger partial charge in [-0.25, -0.2) is 8.78 Å². The molecule has 5 aromatic rings. The quantitative estimate of drug-likeness (QED) is 0.339. The average molecular weight is 560 g/mol. The van der Waals surface area contributed by atoms with Gasteiger partial charge in [0.25, 0.3) is 5.56 Å². The zero-order valence-corrected chi connectivity index (χ0v) is 22.6. The second kappa shape index (κ2) is 12.5. The summed E-state index contributed by atoms with van der Waals surface area (Å²) in [5.41, 5.74) is 5.26. The maximum atomic E-state index is 13.8. The number of carbonyl (C=O) groups excluding carboxylic acids is 1. The predicted octanol–water partition coefficient (Wildman–Crippen LogP) is 3.61. The second-order valence-electron chi connectivity index (χ2n) is 9.38. The lowest BCUT2D eigenvalue weighted by Gasteiger charge is -2.15. The summed E-state index contributed by atoms with van der Waals surface area (Å²) in [6.07, 6.45) is 2.06. The number of fused-ring (bicyclic) bond motifs is 1. The van der Waals surface area contributed by atoms with Gasteiger partial charge in [-0.05, 0) is 43.2 Å². The summed E-state index contributed by atoms with van der Waals surface area (Å²) < 4.78 is 41.1. The summed E-state index contributed by atoms with van der Waals surface area (Å²) in [5, 5.41) is 13.7. The summed E-state index contributed by atoms with van der Waals surface area (Å²) in [6, 6.07) is 19.5. The largest absolute Gasteiger partial charge is 0.543 e. The van der Waals surface area contributed by atoms with E-state index in [1.54, 1.807) is 13.8 Å². The Morgan fingerprint density at radius 3 is 2.49 bits per heavy atom. The predicted molar refractivity (Wildman–Crippen MR) is 147 cm³/mol. The number of hydrogen-bond acceptors (Lipinski definition) is 6. The van der Waals surface area contributed by atoms with E-state index in [0.717, 1.165) is 12.3 Å². The molecule has 0 saturated carbocycles. The number of aryl methyl sites for hydroxylation is 2. The number of hydrogen-bond donors (Lipinski definition) is 1. The molecule has 0 spiro atoms. The molecule has 0 aliphatic heterocycles. The molecule has 210 valence electrons. The average Bonchev–Trinajstić information content (AvgIpc) is 2.93. The molecular formula is C31H28F2N4O4. The minimum atomic E-state index is -1.63. The third-order valence-electron chi connectivity index (χ3n) is 6.21. The van der Waals surface area contributed by atoms with E-state index < -0.39 is 35.4 Å². The van der Waals surface area contributed by atoms with Gasteiger partial charge < -0.3 is 20.4 Å². The van der Waals surface area contributed by atoms with Crippen molar-refractivity contribution < 1.29 is 30.5 Å². The van der Waals surface area contributed by atoms with Crippen molar-refractivity contribution in [3.05, 3.63) is 129 Å². The van der Waals surface area contributed by atoms with Crippen molar-refractivity contribution in [1.82, 2.24) is 14.5 Å². The van der Waals surface area contributed by atoms with Gasteiger partial charge in [0.1, 0.15) is 29.9 Å². The minimum Gasteiger partial charge on any atom is -0.543 e. The van der Waals surface area contributed by atoms with E-state index in [1.807, 2.05) is 0 Å². The lowest BCUT2D eigenvalue weighted by atomic mass is 10.0. The van der Waals surface area contributed by atoms with E-state index in [0.29, 0.717) is 29.1 Å². The maximum Gasteiger partial charge on any atom is 0.259 e. The first-order valence-corrected chi connectivity index (χ1v) is 12.6. The van der Waals surface area contributed by atoms with Crippen molar-refractivity contribution in [2.45, 2.75) is 33.4 Å². The highest BCUT2D eigenvalue weighted by Gasteiger charge is 2.13. The number of carboxylic acids is 1. The molecule has 10 heteroatoms. The van der Waals surface area contributed by atoms with Crippen LogP contribution >= 0.6 is 0 Å². The number of aromatic carboxylic acids is 1. The fraction of sp³-hybridized carbons (Fsp3) is 0.161. The highest BCUT2D eigenvalue weighted by molar-refractivity contribution is 5.86. The van der Waals surface area contributed by atoms with Crippen molar-refractivity contribution in [2.24, 2.45) is 0 Å². The fourth-order valence-corrected chi connectivity index (χ4v) is 4.23. The summed E-state index contributed by atoms with van der Waals surface area (Å²) in [4.78, 5) is 30.9. The number of nitrogens with zero attached hydrogens (tertiary/aromatic N) is 3. The first kappa shape index (κ1) is 27.6. The molecule has 0 amide bonds. The molecule has 3 heterocycles. The second-order valence-corrected chi connectivity index (χ2v) is 9.38. The summed E-state index contributed by atoms with van der Waals surface area (Å²) >= 11 is 0. The Morgan fingerprint density at radius 1 is 1.07 bits per heavy atom. The number of halogens is 2. The number of quaternary nitrogens is 1. The van der Waals surface area contributed by atoms with Crippen LogP contribution in [0.15, 0.2) is 83.9 Å². The number of benzene rings is 2. The Labute approximate surface area is 236 Å². The SMILES string of the molecule is C[C@H]([NH3+])c1cccc2ccccc12.[2H]C(Oc1cc(C)n(-c2cc(C(=O)[O-])ncc2C)c(=O)c1)c1ncc(F)cc1F. The molecule has 0 saturated heterocycles. The molecule has 0 aliphatic carbocycles. The topological polar surface area (TPSA) is 125 Å². The van der Waals surface area contributed by atoms with Crippen molar-refractivity contribution >= 4 is 16.7 Å². The van der Waals surface area contributed by atoms with Crippen LogP contribution in [0.25, 0.3) is 16.5 Å². The molecular weight excluding hydrogens is 530 g/mol. The normalized spacial score (nSPS) is 12.6. The van der Waals surface area contributed by atoms with Crippen molar-refractivity contribution in [3.8, 4) is 11.4 Å². The Kier molecular flexibility index (Phi) is 8.40. The van der Waals surface area contributed by atoms with Crippen molar-refractivity contribution in [3.63, 3.8) is 0 Å². The van der Waals surface area contributed by atoms with Gasteiger partial charge in [-0.2, -0.15) is 0 Å². The Morgan fingerprint density at radius 2 is 1.80 bits per heavy atom. The molecule has 3 N–H and O–H groups in total. The Hall–Kier alpha value is -4.96. The molecule has 0 fully saturated rings. The fourth-order valence-electron chi connectivity index (χ4n) is 4.23. The van der Waals surface area contributed by atoms with E-state index in [2.05, 4.69) is 65.1 Å². The van der Waals surface area contributed by atoms with Crippen LogP contribution in [0.3, 0.4) is 0 Å². The lowest BCUT2D eigenvalue weighted by Crippen LogP contribution is -2.51. The number of ether oxygens (including phenoxy) is 1. The van der Waals surface area contributed by atoms with Gasteiger partial charge in [0.2, 0.25) is 0 Å². The molecule has 8 nitrogen and oxygen atoms in total. The van der Waals surface area contributed by atoms with Gasteiger partial charge in [-0.3, -0.25) is 19.3 Å². The molecule has 1 unspecified atom stereocenters. The van der Waals surface area contributed by atoms with Crippen LogP contribution in [-0.4, -0.2) is 20.5 Å². The standard InChI is InChI=1S/C19H15F2N3O4.C12H13N/c1-10-7-22-15(19(26)27)6-17(10)24-11(2)3-13(5-18(24)25)28-9-16-14(21)4-12(20)8-23-16;1-9(13)11-8-4-6-10-5-2-3-7-12(10)11/h3-8H,9H2,1-2H3,(H,26,27);2-9H,13H2,1H3/t;9-/m.0/s1/i9D;. The van der Waals surface area contributed by atoms with E-state index >= 15 is 0 Å². The molecule has 0 bridgehead atoms. The van der Waals surface area contributed by atoms with Crippen LogP contribution in [0.2, 0.25) is 0 Å². The van der Waals surface area contributed by atoms with Crippen LogP contribution in [0.1, 0.15) is 47.3 Å². The smallest absolute Gasteiger partial charge is 0.259 e. The summed E-state index contributed by atoms with van der Waals surface area (Å²) in [5.74, 6) is -3.44. The van der Waals surface area contributed by atoms with Crippen LogP contribution in [0.5, 0.6) is 5.75 Å². The molecule has 0 aliphatic rings. The summed E-state index contributed by atoms with van der Waals surface area (Å²) in [7, 11) is 0. The Balaban J connectivity index is 0.000000258. The third kappa shape index (κ3) is 6.79. The van der Waals surface area contributed by atoms with Crippen LogP contribution in [0.4, 0.5) is 8.78 Å². The third-order valence-corrected chi connectivity index (χ3v) is 6.21. The summed E-state index contributed by atoms with van der Waals surface area (Å²) in [6.45, 7) is 3.72. The van der Waals surface area contributed by atoms with E-state index in [4.69, 9.17) is 6.11 Å². The molecule has 3 aromatic heterocycles. The van der Waals surface area contributed by atoms with Gasteiger partial charge in [0, 0.05) is 35.7 Å². The first-order valence-electron chi connectivity index (χ1n) is 13.2. The molecule has 2 atom stereocenters. The van der Waals surface area contributed by atoms with Crippen LogP contribution in [-0.2, 0) is 6.58 Å². The van der Waals surface area contributed by atoms with Gasteiger partial charge in [0.05, 0.1) is 24.9 Å². The van der Waals surface area contributed by atoms with Gasteiger partial charge >= 0.3 is 0 Å². The molecule has 0 radical (unpaired) electrons. The van der Waals surface area contributed by atoms with Gasteiger partial charge in [-0.1, -0.05) is 42.5 Å². The Bertz CT molecular complexity index is 1820. The van der Waals surface area contributed by atoms with Crippen molar-refractivity contribution in [1.29, 1.82) is 0 Å². The number of carbonyl (C=O) groups is 1. The van der Waals surface area contributed by atoms with Gasteiger partial charge in [0.15, 0.2) is 5.82 Å². The number of aromatic nitrogens is 3. The highest BCUT2D eigenvalue weighted by Crippen LogP contribution is 2.22. The molecule has 2 aromatic carbocycles. The zero-order valence-electron chi connectivity index (χ0n) is 23.6. The zero-order chi connectivity index (χ0) is 30.6. The highest BCUT2D eigenvalue weighted by atomic mass is 19.1. The lowest BCUT2D eigenvalue weighted by molar-refractivity contribution is -0.420. The number of carboxylic acid groups (broad SMARTS) is 1. The number of rotatable bonds is 6. The monoisotopic (exact) mass is 559 g/mol. The van der Waals surface area contributed by atoms with Gasteiger partial charge in [-0.15, -0.1) is 0 Å². The minimum absolute atomic E-state index is 0.0268. The maximum absolute atomic E-state index is 13.8.